The van der Waals surface area contributed by atoms with Crippen LogP contribution in [0.2, 0.25) is 0 Å². The van der Waals surface area contributed by atoms with Crippen LogP contribution in [0, 0.1) is 0 Å². The second kappa shape index (κ2) is 7.50. The lowest BCUT2D eigenvalue weighted by molar-refractivity contribution is -0.115. The zero-order valence-electron chi connectivity index (χ0n) is 15.3. The van der Waals surface area contributed by atoms with E-state index in [1.807, 2.05) is 65.4 Å². The zero-order chi connectivity index (χ0) is 19.5. The molecule has 0 saturated heterocycles. The standard InChI is InChI=1S/C21H19N5O2/c1-22-11-18(27)25-15-9-7-14(8-10-15)17-12-26(16-5-3-2-4-6-16)20-19(17)21(28)24-13-23-20/h2-10,12-13,22H,11H2,1H3,(H,25,27)(H,23,24,28). The second-order valence-corrected chi connectivity index (χ2v) is 6.33. The van der Waals surface area contributed by atoms with Crippen molar-refractivity contribution in [2.45, 2.75) is 0 Å². The van der Waals surface area contributed by atoms with Gasteiger partial charge >= 0.3 is 0 Å². The monoisotopic (exact) mass is 373 g/mol. The third-order valence-electron chi connectivity index (χ3n) is 4.44. The number of nitrogens with zero attached hydrogens (tertiary/aromatic N) is 2. The highest BCUT2D eigenvalue weighted by Gasteiger charge is 2.15. The maximum absolute atomic E-state index is 12.5. The fraction of sp³-hybridized carbons (Fsp3) is 0.0952. The summed E-state index contributed by atoms with van der Waals surface area (Å²) in [6, 6.07) is 17.2. The molecule has 2 aromatic carbocycles. The van der Waals surface area contributed by atoms with E-state index in [0.717, 1.165) is 16.8 Å². The molecule has 0 aliphatic carbocycles. The van der Waals surface area contributed by atoms with Crippen molar-refractivity contribution in [2.24, 2.45) is 0 Å². The van der Waals surface area contributed by atoms with E-state index in [4.69, 9.17) is 0 Å². The molecule has 1 amide bonds. The minimum absolute atomic E-state index is 0.114. The predicted molar refractivity (Wildman–Crippen MR) is 110 cm³/mol. The summed E-state index contributed by atoms with van der Waals surface area (Å²) in [5.41, 5.74) is 3.67. The molecule has 0 fully saturated rings. The normalized spacial score (nSPS) is 10.9. The number of carbonyl (C=O) groups excluding carboxylic acids is 1. The molecule has 0 radical (unpaired) electrons. The molecule has 140 valence electrons. The fourth-order valence-electron chi connectivity index (χ4n) is 3.17. The van der Waals surface area contributed by atoms with Crippen molar-refractivity contribution in [3.05, 3.63) is 77.5 Å². The van der Waals surface area contributed by atoms with Crippen molar-refractivity contribution in [1.29, 1.82) is 0 Å². The molecule has 0 aliphatic heterocycles. The van der Waals surface area contributed by atoms with E-state index in [-0.39, 0.29) is 18.0 Å². The highest BCUT2D eigenvalue weighted by molar-refractivity contribution is 5.96. The number of anilines is 1. The summed E-state index contributed by atoms with van der Waals surface area (Å²) in [4.78, 5) is 31.3. The summed E-state index contributed by atoms with van der Waals surface area (Å²) in [5.74, 6) is -0.114. The van der Waals surface area contributed by atoms with Crippen LogP contribution in [0.15, 0.2) is 71.9 Å². The molecule has 0 unspecified atom stereocenters. The molecule has 0 bridgehead atoms. The van der Waals surface area contributed by atoms with Crippen LogP contribution < -0.4 is 16.2 Å². The maximum Gasteiger partial charge on any atom is 0.260 e. The Bertz CT molecular complexity index is 1180. The Morgan fingerprint density at radius 1 is 1.11 bits per heavy atom. The van der Waals surface area contributed by atoms with Gasteiger partial charge in [0.2, 0.25) is 5.91 Å². The van der Waals surface area contributed by atoms with E-state index < -0.39 is 0 Å². The summed E-state index contributed by atoms with van der Waals surface area (Å²) < 4.78 is 1.91. The van der Waals surface area contributed by atoms with Crippen molar-refractivity contribution in [1.82, 2.24) is 19.9 Å². The van der Waals surface area contributed by atoms with E-state index in [1.165, 1.54) is 6.33 Å². The van der Waals surface area contributed by atoms with Crippen LogP contribution in [0.4, 0.5) is 5.69 Å². The first-order chi connectivity index (χ1) is 13.7. The Labute approximate surface area is 161 Å². The summed E-state index contributed by atoms with van der Waals surface area (Å²) >= 11 is 0. The number of nitrogens with one attached hydrogen (secondary N) is 3. The molecule has 7 nitrogen and oxygen atoms in total. The van der Waals surface area contributed by atoms with Crippen LogP contribution in [0.3, 0.4) is 0 Å². The van der Waals surface area contributed by atoms with Gasteiger partial charge in [0, 0.05) is 23.1 Å². The van der Waals surface area contributed by atoms with Gasteiger partial charge in [-0.1, -0.05) is 30.3 Å². The minimum Gasteiger partial charge on any atom is -0.325 e. The minimum atomic E-state index is -0.193. The fourth-order valence-corrected chi connectivity index (χ4v) is 3.17. The summed E-state index contributed by atoms with van der Waals surface area (Å²) in [7, 11) is 1.72. The average Bonchev–Trinajstić information content (AvgIpc) is 3.10. The predicted octanol–water partition coefficient (Wildman–Crippen LogP) is 2.54. The Morgan fingerprint density at radius 3 is 2.57 bits per heavy atom. The average molecular weight is 373 g/mol. The van der Waals surface area contributed by atoms with E-state index in [1.54, 1.807) is 7.05 Å². The third-order valence-corrected chi connectivity index (χ3v) is 4.44. The van der Waals surface area contributed by atoms with Crippen molar-refractivity contribution >= 4 is 22.6 Å². The molecule has 4 rings (SSSR count). The number of hydrogen-bond donors (Lipinski definition) is 3. The van der Waals surface area contributed by atoms with Gasteiger partial charge in [0.05, 0.1) is 18.3 Å². The van der Waals surface area contributed by atoms with Gasteiger partial charge in [0.25, 0.3) is 5.56 Å². The Morgan fingerprint density at radius 2 is 1.86 bits per heavy atom. The molecule has 0 aliphatic rings. The lowest BCUT2D eigenvalue weighted by Gasteiger charge is -2.06. The van der Waals surface area contributed by atoms with Crippen LogP contribution >= 0.6 is 0 Å². The van der Waals surface area contributed by atoms with Crippen LogP contribution in [-0.4, -0.2) is 34.0 Å². The molecule has 0 saturated carbocycles. The molecule has 0 atom stereocenters. The number of hydrogen-bond acceptors (Lipinski definition) is 4. The zero-order valence-corrected chi connectivity index (χ0v) is 15.3. The van der Waals surface area contributed by atoms with Gasteiger partial charge in [0.1, 0.15) is 0 Å². The molecule has 7 heteroatoms. The first kappa shape index (κ1) is 17.7. The van der Waals surface area contributed by atoms with Crippen LogP contribution in [0.1, 0.15) is 0 Å². The highest BCUT2D eigenvalue weighted by atomic mass is 16.2. The first-order valence-electron chi connectivity index (χ1n) is 8.86. The number of para-hydroxylation sites is 1. The van der Waals surface area contributed by atoms with Crippen molar-refractivity contribution in [2.75, 3.05) is 18.9 Å². The van der Waals surface area contributed by atoms with E-state index >= 15 is 0 Å². The number of likely N-dealkylation sites (N-methyl/N-ethyl adjacent to an activating group) is 1. The topological polar surface area (TPSA) is 91.8 Å². The summed E-state index contributed by atoms with van der Waals surface area (Å²) in [6.07, 6.45) is 3.32. The Hall–Kier alpha value is -3.71. The van der Waals surface area contributed by atoms with Gasteiger partial charge in [0.15, 0.2) is 5.65 Å². The smallest absolute Gasteiger partial charge is 0.260 e. The maximum atomic E-state index is 12.5. The van der Waals surface area contributed by atoms with Gasteiger partial charge in [-0.2, -0.15) is 0 Å². The number of aromatic amines is 1. The van der Waals surface area contributed by atoms with Gasteiger partial charge in [-0.25, -0.2) is 4.98 Å². The third kappa shape index (κ3) is 3.30. The number of benzene rings is 2. The molecule has 2 heterocycles. The first-order valence-corrected chi connectivity index (χ1v) is 8.86. The lowest BCUT2D eigenvalue weighted by atomic mass is 10.1. The number of aromatic nitrogens is 3. The molecule has 2 aromatic heterocycles. The molecular weight excluding hydrogens is 354 g/mol. The SMILES string of the molecule is CNCC(=O)Nc1ccc(-c2cn(-c3ccccc3)c3nc[nH]c(=O)c23)cc1. The Balaban J connectivity index is 1.79. The number of fused-ring (bicyclic) bond motifs is 1. The van der Waals surface area contributed by atoms with Crippen LogP contribution in [-0.2, 0) is 4.79 Å². The molecular formula is C21H19N5O2. The quantitative estimate of drug-likeness (QED) is 0.501. The molecule has 3 N–H and O–H groups in total. The number of rotatable bonds is 5. The van der Waals surface area contributed by atoms with Crippen LogP contribution in [0.25, 0.3) is 27.8 Å². The van der Waals surface area contributed by atoms with Crippen molar-refractivity contribution < 1.29 is 4.79 Å². The van der Waals surface area contributed by atoms with E-state index in [9.17, 15) is 9.59 Å². The van der Waals surface area contributed by atoms with E-state index in [0.29, 0.717) is 16.7 Å². The second-order valence-electron chi connectivity index (χ2n) is 6.33. The number of H-pyrrole nitrogens is 1. The van der Waals surface area contributed by atoms with Gasteiger partial charge in [-0.3, -0.25) is 9.59 Å². The van der Waals surface area contributed by atoms with Gasteiger partial charge in [-0.15, -0.1) is 0 Å². The van der Waals surface area contributed by atoms with E-state index in [2.05, 4.69) is 20.6 Å². The largest absolute Gasteiger partial charge is 0.325 e. The van der Waals surface area contributed by atoms with Crippen molar-refractivity contribution in [3.8, 4) is 16.8 Å². The van der Waals surface area contributed by atoms with Crippen molar-refractivity contribution in [3.63, 3.8) is 0 Å². The summed E-state index contributed by atoms with van der Waals surface area (Å²) in [5, 5.41) is 6.15. The molecule has 28 heavy (non-hydrogen) atoms. The van der Waals surface area contributed by atoms with Crippen LogP contribution in [0.5, 0.6) is 0 Å². The highest BCUT2D eigenvalue weighted by Crippen LogP contribution is 2.30. The molecule has 4 aromatic rings. The lowest BCUT2D eigenvalue weighted by Crippen LogP contribution is -2.24. The number of carbonyl (C=O) groups is 1. The molecule has 0 spiro atoms. The number of amides is 1. The summed E-state index contributed by atoms with van der Waals surface area (Å²) in [6.45, 7) is 0.243. The Kier molecular flexibility index (Phi) is 4.74. The van der Waals surface area contributed by atoms with Gasteiger partial charge < -0.3 is 20.2 Å². The van der Waals surface area contributed by atoms with Gasteiger partial charge in [-0.05, 0) is 36.9 Å².